The quantitative estimate of drug-likeness (QED) is 0.560. The van der Waals surface area contributed by atoms with Crippen molar-refractivity contribution < 1.29 is 13.2 Å². The number of aliphatic imine (C=N–C) groups is 1. The zero-order valence-corrected chi connectivity index (χ0v) is 15.6. The monoisotopic (exact) mass is 391 g/mol. The molecule has 0 fully saturated rings. The fourth-order valence-electron chi connectivity index (χ4n) is 1.94. The Kier molecular flexibility index (Phi) is 7.18. The molecule has 2 N–H and O–H groups in total. The Morgan fingerprint density at radius 3 is 2.48 bits per heavy atom. The van der Waals surface area contributed by atoms with Gasteiger partial charge in [0.15, 0.2) is 11.7 Å². The maximum atomic E-state index is 12.6. The Morgan fingerprint density at radius 2 is 1.88 bits per heavy atom. The molecule has 0 radical (unpaired) electrons. The first-order valence-corrected chi connectivity index (χ1v) is 9.65. The third-order valence-corrected chi connectivity index (χ3v) is 5.01. The van der Waals surface area contributed by atoms with Gasteiger partial charge in [-0.15, -0.1) is 22.7 Å². The first kappa shape index (κ1) is 19.6. The molecular weight excluding hydrogens is 371 g/mol. The highest BCUT2D eigenvalue weighted by Gasteiger charge is 2.33. The van der Waals surface area contributed by atoms with Crippen LogP contribution in [-0.4, -0.2) is 29.0 Å². The highest BCUT2D eigenvalue weighted by atomic mass is 32.1. The van der Waals surface area contributed by atoms with Crippen LogP contribution in [0.25, 0.3) is 0 Å². The number of aryl methyl sites for hydroxylation is 1. The van der Waals surface area contributed by atoms with Crippen LogP contribution in [0.15, 0.2) is 15.8 Å². The fourth-order valence-corrected chi connectivity index (χ4v) is 3.44. The maximum Gasteiger partial charge on any atom is 0.434 e. The minimum absolute atomic E-state index is 0.104. The number of aromatic nitrogens is 2. The Bertz CT molecular complexity index is 693. The van der Waals surface area contributed by atoms with Crippen LogP contribution in [0.5, 0.6) is 0 Å². The first-order chi connectivity index (χ1) is 11.9. The number of nitrogens with zero attached hydrogens (tertiary/aromatic N) is 3. The van der Waals surface area contributed by atoms with E-state index in [-0.39, 0.29) is 6.54 Å². The first-order valence-electron chi connectivity index (χ1n) is 7.89. The lowest BCUT2D eigenvalue weighted by molar-refractivity contribution is -0.140. The lowest BCUT2D eigenvalue weighted by Crippen LogP contribution is -2.38. The fraction of sp³-hybridized carbons (Fsp3) is 0.533. The van der Waals surface area contributed by atoms with E-state index in [0.29, 0.717) is 24.1 Å². The SMILES string of the molecule is CCNC(=NCc1nc(C(F)(F)F)cs1)NCCc1csc(CC)n1. The summed E-state index contributed by atoms with van der Waals surface area (Å²) in [4.78, 5) is 12.4. The van der Waals surface area contributed by atoms with E-state index in [1.165, 1.54) is 0 Å². The van der Waals surface area contributed by atoms with Crippen molar-refractivity contribution in [3.8, 4) is 0 Å². The number of alkyl halides is 3. The normalized spacial score (nSPS) is 12.4. The molecule has 2 rings (SSSR count). The molecule has 2 aromatic heterocycles. The molecule has 0 spiro atoms. The molecular formula is C15H20F3N5S2. The van der Waals surface area contributed by atoms with Crippen LogP contribution < -0.4 is 10.6 Å². The number of hydrogen-bond donors (Lipinski definition) is 2. The van der Waals surface area contributed by atoms with Crippen LogP contribution >= 0.6 is 22.7 Å². The van der Waals surface area contributed by atoms with Crippen molar-refractivity contribution in [2.45, 2.75) is 39.4 Å². The zero-order valence-electron chi connectivity index (χ0n) is 14.0. The minimum atomic E-state index is -4.41. The van der Waals surface area contributed by atoms with Gasteiger partial charge in [0.05, 0.1) is 17.2 Å². The van der Waals surface area contributed by atoms with Gasteiger partial charge < -0.3 is 10.6 Å². The van der Waals surface area contributed by atoms with E-state index < -0.39 is 11.9 Å². The molecule has 0 atom stereocenters. The summed E-state index contributed by atoms with van der Waals surface area (Å²) >= 11 is 2.61. The lowest BCUT2D eigenvalue weighted by atomic mass is 10.3. The van der Waals surface area contributed by atoms with Crippen molar-refractivity contribution in [1.82, 2.24) is 20.6 Å². The van der Waals surface area contributed by atoms with Gasteiger partial charge in [-0.1, -0.05) is 6.92 Å². The molecule has 2 aromatic rings. The molecule has 25 heavy (non-hydrogen) atoms. The van der Waals surface area contributed by atoms with Gasteiger partial charge in [-0.3, -0.25) is 0 Å². The molecule has 0 bridgehead atoms. The standard InChI is InChI=1S/C15H20F3N5S2/c1-3-12-22-10(8-24-12)5-6-20-14(19-4-2)21-7-13-23-11(9-25-13)15(16,17)18/h8-9H,3-7H2,1-2H3,(H2,19,20,21). The average molecular weight is 391 g/mol. The highest BCUT2D eigenvalue weighted by Crippen LogP contribution is 2.30. The predicted octanol–water partition coefficient (Wildman–Crippen LogP) is 3.48. The van der Waals surface area contributed by atoms with Gasteiger partial charge in [-0.25, -0.2) is 15.0 Å². The molecule has 0 aliphatic carbocycles. The number of hydrogen-bond acceptors (Lipinski definition) is 5. The summed E-state index contributed by atoms with van der Waals surface area (Å²) < 4.78 is 37.7. The van der Waals surface area contributed by atoms with Crippen LogP contribution in [0.3, 0.4) is 0 Å². The summed E-state index contributed by atoms with van der Waals surface area (Å²) in [5.74, 6) is 0.553. The number of nitrogens with one attached hydrogen (secondary N) is 2. The summed E-state index contributed by atoms with van der Waals surface area (Å²) in [6, 6.07) is 0. The summed E-state index contributed by atoms with van der Waals surface area (Å²) in [5.41, 5.74) is 0.163. The molecule has 0 aliphatic heterocycles. The van der Waals surface area contributed by atoms with E-state index in [0.717, 1.165) is 40.3 Å². The van der Waals surface area contributed by atoms with Gasteiger partial charge in [0, 0.05) is 30.3 Å². The van der Waals surface area contributed by atoms with Crippen LogP contribution in [0.4, 0.5) is 13.2 Å². The number of guanidine groups is 1. The van der Waals surface area contributed by atoms with Gasteiger partial charge in [-0.2, -0.15) is 13.2 Å². The average Bonchev–Trinajstić information content (AvgIpc) is 3.21. The van der Waals surface area contributed by atoms with Gasteiger partial charge in [0.1, 0.15) is 5.01 Å². The molecule has 10 heteroatoms. The van der Waals surface area contributed by atoms with Crippen molar-refractivity contribution in [1.29, 1.82) is 0 Å². The number of halogens is 3. The van der Waals surface area contributed by atoms with Crippen LogP contribution in [0, 0.1) is 0 Å². The second-order valence-corrected chi connectivity index (χ2v) is 6.97. The summed E-state index contributed by atoms with van der Waals surface area (Å²) in [7, 11) is 0. The molecule has 0 saturated carbocycles. The third-order valence-electron chi connectivity index (χ3n) is 3.13. The van der Waals surface area contributed by atoms with Crippen molar-refractivity contribution in [3.63, 3.8) is 0 Å². The van der Waals surface area contributed by atoms with Crippen molar-refractivity contribution >= 4 is 28.6 Å². The maximum absolute atomic E-state index is 12.6. The van der Waals surface area contributed by atoms with Gasteiger partial charge >= 0.3 is 6.18 Å². The predicted molar refractivity (Wildman–Crippen MR) is 95.1 cm³/mol. The largest absolute Gasteiger partial charge is 0.434 e. The molecule has 2 heterocycles. The Balaban J connectivity index is 1.88. The summed E-state index contributed by atoms with van der Waals surface area (Å²) in [5, 5.41) is 10.7. The topological polar surface area (TPSA) is 62.2 Å². The lowest BCUT2D eigenvalue weighted by Gasteiger charge is -2.10. The Labute approximate surface area is 152 Å². The number of thiazole rings is 2. The zero-order chi connectivity index (χ0) is 18.3. The number of rotatable bonds is 7. The second kappa shape index (κ2) is 9.14. The van der Waals surface area contributed by atoms with Crippen LogP contribution in [0.1, 0.15) is 35.3 Å². The Morgan fingerprint density at radius 1 is 1.12 bits per heavy atom. The molecule has 0 saturated heterocycles. The minimum Gasteiger partial charge on any atom is -0.357 e. The van der Waals surface area contributed by atoms with Gasteiger partial charge in [-0.05, 0) is 13.3 Å². The van der Waals surface area contributed by atoms with E-state index in [4.69, 9.17) is 0 Å². The Hall–Kier alpha value is -1.68. The summed E-state index contributed by atoms with van der Waals surface area (Å²) in [6.45, 7) is 5.40. The van der Waals surface area contributed by atoms with Crippen LogP contribution in [-0.2, 0) is 25.6 Å². The molecule has 0 amide bonds. The molecule has 5 nitrogen and oxygen atoms in total. The van der Waals surface area contributed by atoms with Gasteiger partial charge in [0.25, 0.3) is 0 Å². The van der Waals surface area contributed by atoms with E-state index in [9.17, 15) is 13.2 Å². The molecule has 0 aliphatic rings. The van der Waals surface area contributed by atoms with E-state index >= 15 is 0 Å². The summed E-state index contributed by atoms with van der Waals surface area (Å²) in [6.07, 6.45) is -2.72. The third kappa shape index (κ3) is 6.28. The van der Waals surface area contributed by atoms with E-state index in [2.05, 4.69) is 32.5 Å². The van der Waals surface area contributed by atoms with Crippen LogP contribution in [0.2, 0.25) is 0 Å². The van der Waals surface area contributed by atoms with Crippen molar-refractivity contribution in [2.75, 3.05) is 13.1 Å². The molecule has 0 unspecified atom stereocenters. The van der Waals surface area contributed by atoms with Crippen molar-refractivity contribution in [2.24, 2.45) is 4.99 Å². The van der Waals surface area contributed by atoms with E-state index in [1.54, 1.807) is 11.3 Å². The smallest absolute Gasteiger partial charge is 0.357 e. The van der Waals surface area contributed by atoms with E-state index in [1.807, 2.05) is 12.3 Å². The second-order valence-electron chi connectivity index (χ2n) is 5.08. The highest BCUT2D eigenvalue weighted by molar-refractivity contribution is 7.09. The van der Waals surface area contributed by atoms with Gasteiger partial charge in [0.2, 0.25) is 0 Å². The molecule has 0 aromatic carbocycles. The molecule has 138 valence electrons. The van der Waals surface area contributed by atoms with Crippen molar-refractivity contribution in [3.05, 3.63) is 32.2 Å².